The Kier molecular flexibility index (Phi) is 10.0. The van der Waals surface area contributed by atoms with E-state index in [1.165, 1.54) is 57.8 Å². The van der Waals surface area contributed by atoms with E-state index in [-0.39, 0.29) is 11.3 Å². The van der Waals surface area contributed by atoms with Gasteiger partial charge in [0.2, 0.25) is 5.66 Å². The molecule has 0 atom stereocenters. The minimum Gasteiger partial charge on any atom is -0.622 e. The fourth-order valence-corrected chi connectivity index (χ4v) is 4.14. The predicted octanol–water partition coefficient (Wildman–Crippen LogP) is 6.06. The van der Waals surface area contributed by atoms with Gasteiger partial charge in [0.15, 0.2) is 5.71 Å². The number of carbonyl (C=O) groups is 1. The van der Waals surface area contributed by atoms with Crippen LogP contribution in [0.5, 0.6) is 0 Å². The molecule has 0 aromatic heterocycles. The van der Waals surface area contributed by atoms with Crippen LogP contribution in [0.4, 0.5) is 0 Å². The molecule has 4 heteroatoms. The number of hydrogen-bond acceptors (Lipinski definition) is 3. The zero-order chi connectivity index (χ0) is 20.5. The number of nitrogens with zero attached hydrogens (tertiary/aromatic N) is 2. The first kappa shape index (κ1) is 24.1. The second-order valence-corrected chi connectivity index (χ2v) is 9.35. The van der Waals surface area contributed by atoms with Gasteiger partial charge in [0, 0.05) is 20.3 Å². The molecule has 158 valence electrons. The van der Waals surface area contributed by atoms with E-state index < -0.39 is 5.66 Å². The van der Waals surface area contributed by atoms with Gasteiger partial charge in [-0.1, -0.05) is 71.1 Å². The van der Waals surface area contributed by atoms with E-state index in [4.69, 9.17) is 0 Å². The summed E-state index contributed by atoms with van der Waals surface area (Å²) >= 11 is 0. The Morgan fingerprint density at radius 2 is 1.33 bits per heavy atom. The van der Waals surface area contributed by atoms with Crippen molar-refractivity contribution >= 4 is 11.5 Å². The highest BCUT2D eigenvalue weighted by Crippen LogP contribution is 2.33. The van der Waals surface area contributed by atoms with Crippen molar-refractivity contribution in [2.45, 2.75) is 129 Å². The maximum atomic E-state index is 12.6. The molecule has 0 N–H and O–H groups in total. The highest BCUT2D eigenvalue weighted by molar-refractivity contribution is 6.04. The van der Waals surface area contributed by atoms with E-state index in [0.29, 0.717) is 18.6 Å². The number of ketones is 1. The maximum Gasteiger partial charge on any atom is 0.224 e. The largest absolute Gasteiger partial charge is 0.622 e. The molecule has 27 heavy (non-hydrogen) atoms. The fraction of sp³-hybridized carbons (Fsp3) is 0.913. The molecule has 0 fully saturated rings. The average Bonchev–Trinajstić information content (AvgIpc) is 2.72. The SMILES string of the molecule is CCCCCCCCCCCCCC(=O)CC1=[N+]([O-])C(C)(C)N(C)C1(C)C. The molecule has 1 aliphatic heterocycles. The van der Waals surface area contributed by atoms with Crippen LogP contribution in [0.25, 0.3) is 0 Å². The molecule has 0 spiro atoms. The molecule has 4 nitrogen and oxygen atoms in total. The van der Waals surface area contributed by atoms with Gasteiger partial charge in [-0.25, -0.2) is 4.90 Å². The Balaban J connectivity index is 2.19. The first-order valence-electron chi connectivity index (χ1n) is 11.2. The van der Waals surface area contributed by atoms with Crippen molar-refractivity contribution < 1.29 is 9.53 Å². The van der Waals surface area contributed by atoms with Crippen LogP contribution < -0.4 is 0 Å². The van der Waals surface area contributed by atoms with Gasteiger partial charge >= 0.3 is 0 Å². The van der Waals surface area contributed by atoms with Crippen molar-refractivity contribution in [1.82, 2.24) is 4.90 Å². The van der Waals surface area contributed by atoms with E-state index >= 15 is 0 Å². The van der Waals surface area contributed by atoms with Gasteiger partial charge in [-0.15, -0.1) is 0 Å². The number of unbranched alkanes of at least 4 members (excludes halogenated alkanes) is 10. The number of hydrogen-bond donors (Lipinski definition) is 0. The summed E-state index contributed by atoms with van der Waals surface area (Å²) in [5.41, 5.74) is -0.240. The van der Waals surface area contributed by atoms with Crippen LogP contribution in [0.3, 0.4) is 0 Å². The lowest BCUT2D eigenvalue weighted by Gasteiger charge is -2.32. The molecule has 0 aromatic carbocycles. The molecule has 0 bridgehead atoms. The van der Waals surface area contributed by atoms with E-state index in [2.05, 4.69) is 11.8 Å². The Bertz CT molecular complexity index is 495. The lowest BCUT2D eigenvalue weighted by atomic mass is 9.92. The summed E-state index contributed by atoms with van der Waals surface area (Å²) in [5, 5.41) is 12.6. The zero-order valence-electron chi connectivity index (χ0n) is 18.9. The standard InChI is InChI=1S/C23H44N2O2/c1-7-8-9-10-11-12-13-14-15-16-17-18-20(26)19-21-22(2,3)24(6)23(4,5)25(21)27/h7-19H2,1-6H3. The Labute approximate surface area is 168 Å². The molecule has 0 saturated heterocycles. The summed E-state index contributed by atoms with van der Waals surface area (Å²) in [6, 6.07) is 0. The van der Waals surface area contributed by atoms with Gasteiger partial charge in [-0.2, -0.15) is 4.74 Å². The van der Waals surface area contributed by atoms with Crippen LogP contribution in [0.1, 0.15) is 118 Å². The van der Waals surface area contributed by atoms with Crippen molar-refractivity contribution in [2.24, 2.45) is 0 Å². The molecule has 0 amide bonds. The lowest BCUT2D eigenvalue weighted by molar-refractivity contribution is -0.557. The van der Waals surface area contributed by atoms with Crippen molar-refractivity contribution in [2.75, 3.05) is 7.05 Å². The van der Waals surface area contributed by atoms with Crippen LogP contribution in [-0.4, -0.2) is 39.4 Å². The Morgan fingerprint density at radius 1 is 0.889 bits per heavy atom. The lowest BCUT2D eigenvalue weighted by Crippen LogP contribution is -2.51. The van der Waals surface area contributed by atoms with Gasteiger partial charge in [0.05, 0.1) is 6.42 Å². The molecule has 1 heterocycles. The summed E-state index contributed by atoms with van der Waals surface area (Å²) in [6.07, 6.45) is 15.1. The van der Waals surface area contributed by atoms with Gasteiger partial charge in [0.1, 0.15) is 11.3 Å². The number of carbonyl (C=O) groups excluding carboxylic acids is 1. The predicted molar refractivity (Wildman–Crippen MR) is 115 cm³/mol. The van der Waals surface area contributed by atoms with Crippen LogP contribution in [0.2, 0.25) is 0 Å². The molecule has 1 aliphatic rings. The number of hydroxylamine groups is 1. The van der Waals surface area contributed by atoms with Gasteiger partial charge in [-0.05, 0) is 27.3 Å². The quantitative estimate of drug-likeness (QED) is 0.209. The first-order valence-corrected chi connectivity index (χ1v) is 11.2. The monoisotopic (exact) mass is 380 g/mol. The summed E-state index contributed by atoms with van der Waals surface area (Å²) in [5.74, 6) is 0.209. The van der Waals surface area contributed by atoms with Crippen molar-refractivity contribution in [1.29, 1.82) is 0 Å². The third-order valence-electron chi connectivity index (χ3n) is 6.53. The van der Waals surface area contributed by atoms with Crippen LogP contribution >= 0.6 is 0 Å². The van der Waals surface area contributed by atoms with E-state index in [9.17, 15) is 10.0 Å². The van der Waals surface area contributed by atoms with Crippen LogP contribution in [0.15, 0.2) is 0 Å². The van der Waals surface area contributed by atoms with E-state index in [0.717, 1.165) is 17.6 Å². The van der Waals surface area contributed by atoms with Gasteiger partial charge in [0.25, 0.3) is 0 Å². The van der Waals surface area contributed by atoms with Gasteiger partial charge in [-0.3, -0.25) is 4.79 Å². The van der Waals surface area contributed by atoms with E-state index in [1.54, 1.807) is 0 Å². The van der Waals surface area contributed by atoms with Crippen LogP contribution in [0, 0.1) is 5.21 Å². The second-order valence-electron chi connectivity index (χ2n) is 9.35. The third-order valence-corrected chi connectivity index (χ3v) is 6.53. The summed E-state index contributed by atoms with van der Waals surface area (Å²) in [6.45, 7) is 10.2. The Hall–Kier alpha value is -0.900. The molecule has 0 unspecified atom stereocenters. The topological polar surface area (TPSA) is 46.4 Å². The molecule has 1 rings (SSSR count). The Morgan fingerprint density at radius 3 is 1.74 bits per heavy atom. The fourth-order valence-electron chi connectivity index (χ4n) is 4.14. The highest BCUT2D eigenvalue weighted by Gasteiger charge is 2.54. The second kappa shape index (κ2) is 11.2. The average molecular weight is 381 g/mol. The van der Waals surface area contributed by atoms with Crippen molar-refractivity contribution in [3.05, 3.63) is 5.21 Å². The van der Waals surface area contributed by atoms with Crippen LogP contribution in [-0.2, 0) is 4.79 Å². The summed E-state index contributed by atoms with van der Waals surface area (Å²) < 4.78 is 1.06. The molecule has 0 radical (unpaired) electrons. The zero-order valence-corrected chi connectivity index (χ0v) is 18.9. The minimum absolute atomic E-state index is 0.209. The number of rotatable bonds is 14. The molecule has 0 saturated carbocycles. The third kappa shape index (κ3) is 6.89. The first-order chi connectivity index (χ1) is 12.7. The normalized spacial score (nSPS) is 19.0. The maximum absolute atomic E-state index is 12.6. The van der Waals surface area contributed by atoms with Gasteiger partial charge < -0.3 is 5.21 Å². The number of Topliss-reactive ketones (excluding diaryl/α,β-unsaturated/α-hetero) is 1. The molecule has 0 aromatic rings. The smallest absolute Gasteiger partial charge is 0.224 e. The summed E-state index contributed by atoms with van der Waals surface area (Å²) in [4.78, 5) is 14.5. The molecule has 0 aliphatic carbocycles. The minimum atomic E-state index is -0.588. The molecular weight excluding hydrogens is 336 g/mol. The van der Waals surface area contributed by atoms with E-state index in [1.807, 2.05) is 34.7 Å². The van der Waals surface area contributed by atoms with Crippen molar-refractivity contribution in [3.8, 4) is 0 Å². The highest BCUT2D eigenvalue weighted by atomic mass is 16.5. The van der Waals surface area contributed by atoms with Crippen molar-refractivity contribution in [3.63, 3.8) is 0 Å². The summed E-state index contributed by atoms with van der Waals surface area (Å²) in [7, 11) is 1.96. The molecular formula is C23H44N2O2.